The molecule has 5 heteroatoms. The molecular weight excluding hydrogens is 344 g/mol. The molecule has 2 aliphatic heterocycles. The minimum atomic E-state index is -3.44. The second-order valence-corrected chi connectivity index (χ2v) is 9.74. The lowest BCUT2D eigenvalue weighted by atomic mass is 9.95. The number of benzene rings is 2. The van der Waals surface area contributed by atoms with Crippen molar-refractivity contribution >= 4 is 20.8 Å². The van der Waals surface area contributed by atoms with Crippen LogP contribution >= 0.6 is 0 Å². The average molecular weight is 373 g/mol. The molecule has 0 atom stereocenters. The standard InChI is InChI=1S/C21H28N2O2S/c1-17-9-13-22(14-10-17)19-11-15-23(16-12-19)26(24,25)21-8-4-6-18-5-2-3-7-20(18)21/h2-8,17,19H,9-16H2,1H3. The van der Waals surface area contributed by atoms with Crippen LogP contribution in [-0.4, -0.2) is 49.8 Å². The molecule has 2 aromatic rings. The van der Waals surface area contributed by atoms with Crippen molar-refractivity contribution in [3.05, 3.63) is 42.5 Å². The van der Waals surface area contributed by atoms with E-state index in [0.717, 1.165) is 29.5 Å². The second kappa shape index (κ2) is 7.29. The van der Waals surface area contributed by atoms with E-state index < -0.39 is 10.0 Å². The van der Waals surface area contributed by atoms with Gasteiger partial charge in [0.1, 0.15) is 0 Å². The maximum Gasteiger partial charge on any atom is 0.243 e. The Morgan fingerprint density at radius 2 is 1.50 bits per heavy atom. The van der Waals surface area contributed by atoms with Crippen LogP contribution in [0.1, 0.15) is 32.6 Å². The molecule has 4 rings (SSSR count). The molecule has 0 saturated carbocycles. The SMILES string of the molecule is CC1CCN(C2CCN(S(=O)(=O)c3cccc4ccccc34)CC2)CC1. The van der Waals surface area contributed by atoms with E-state index in [1.807, 2.05) is 36.4 Å². The summed E-state index contributed by atoms with van der Waals surface area (Å²) >= 11 is 0. The highest BCUT2D eigenvalue weighted by Gasteiger charge is 2.33. The van der Waals surface area contributed by atoms with Crippen LogP contribution in [0.25, 0.3) is 10.8 Å². The van der Waals surface area contributed by atoms with E-state index in [0.29, 0.717) is 24.0 Å². The van der Waals surface area contributed by atoms with Gasteiger partial charge >= 0.3 is 0 Å². The van der Waals surface area contributed by atoms with Crippen molar-refractivity contribution < 1.29 is 8.42 Å². The highest BCUT2D eigenvalue weighted by Crippen LogP contribution is 2.29. The summed E-state index contributed by atoms with van der Waals surface area (Å²) in [5, 5.41) is 1.80. The Morgan fingerprint density at radius 3 is 2.23 bits per heavy atom. The molecule has 0 bridgehead atoms. The third-order valence-corrected chi connectivity index (χ3v) is 8.08. The number of nitrogens with zero attached hydrogens (tertiary/aromatic N) is 2. The third kappa shape index (κ3) is 3.40. The fourth-order valence-corrected chi connectivity index (χ4v) is 6.09. The molecular formula is C21H28N2O2S. The number of fused-ring (bicyclic) bond motifs is 1. The Labute approximate surface area is 156 Å². The van der Waals surface area contributed by atoms with Crippen LogP contribution in [-0.2, 0) is 10.0 Å². The van der Waals surface area contributed by atoms with Gasteiger partial charge in [0.25, 0.3) is 0 Å². The number of hydrogen-bond acceptors (Lipinski definition) is 3. The molecule has 2 aromatic carbocycles. The lowest BCUT2D eigenvalue weighted by molar-refractivity contribution is 0.101. The summed E-state index contributed by atoms with van der Waals surface area (Å²) in [5.74, 6) is 0.832. The normalized spacial score (nSPS) is 22.0. The summed E-state index contributed by atoms with van der Waals surface area (Å²) < 4.78 is 28.2. The van der Waals surface area contributed by atoms with Gasteiger partial charge in [-0.25, -0.2) is 8.42 Å². The van der Waals surface area contributed by atoms with Gasteiger partial charge in [-0.15, -0.1) is 0 Å². The predicted molar refractivity (Wildman–Crippen MR) is 106 cm³/mol. The van der Waals surface area contributed by atoms with Gasteiger partial charge in [0.05, 0.1) is 4.90 Å². The quantitative estimate of drug-likeness (QED) is 0.824. The summed E-state index contributed by atoms with van der Waals surface area (Å²) in [6.07, 6.45) is 4.43. The van der Waals surface area contributed by atoms with Crippen LogP contribution in [0.15, 0.2) is 47.4 Å². The molecule has 4 nitrogen and oxygen atoms in total. The van der Waals surface area contributed by atoms with Gasteiger partial charge in [-0.3, -0.25) is 0 Å². The zero-order valence-electron chi connectivity index (χ0n) is 15.5. The topological polar surface area (TPSA) is 40.6 Å². The first kappa shape index (κ1) is 18.0. The highest BCUT2D eigenvalue weighted by atomic mass is 32.2. The Bertz CT molecular complexity index is 859. The van der Waals surface area contributed by atoms with E-state index in [9.17, 15) is 8.42 Å². The fourth-order valence-electron chi connectivity index (χ4n) is 4.40. The van der Waals surface area contributed by atoms with Crippen LogP contribution in [0.5, 0.6) is 0 Å². The maximum absolute atomic E-state index is 13.2. The first-order chi connectivity index (χ1) is 12.6. The fraction of sp³-hybridized carbons (Fsp3) is 0.524. The zero-order chi connectivity index (χ0) is 18.1. The van der Waals surface area contributed by atoms with E-state index in [1.165, 1.54) is 25.9 Å². The van der Waals surface area contributed by atoms with E-state index in [1.54, 1.807) is 10.4 Å². The summed E-state index contributed by atoms with van der Waals surface area (Å²) in [6, 6.07) is 13.8. The Hall–Kier alpha value is -1.43. The molecule has 0 aliphatic carbocycles. The van der Waals surface area contributed by atoms with Gasteiger partial charge in [-0.2, -0.15) is 4.31 Å². The van der Waals surface area contributed by atoms with E-state index in [2.05, 4.69) is 11.8 Å². The number of piperidine rings is 2. The summed E-state index contributed by atoms with van der Waals surface area (Å²) in [7, 11) is -3.44. The highest BCUT2D eigenvalue weighted by molar-refractivity contribution is 7.89. The average Bonchev–Trinajstić information content (AvgIpc) is 2.68. The van der Waals surface area contributed by atoms with Crippen molar-refractivity contribution in [2.75, 3.05) is 26.2 Å². The number of sulfonamides is 1. The summed E-state index contributed by atoms with van der Waals surface area (Å²) in [4.78, 5) is 3.03. The van der Waals surface area contributed by atoms with Crippen LogP contribution in [0, 0.1) is 5.92 Å². The van der Waals surface area contributed by atoms with Crippen molar-refractivity contribution in [2.45, 2.75) is 43.5 Å². The van der Waals surface area contributed by atoms with Crippen molar-refractivity contribution in [1.29, 1.82) is 0 Å². The van der Waals surface area contributed by atoms with Crippen molar-refractivity contribution in [2.24, 2.45) is 5.92 Å². The smallest absolute Gasteiger partial charge is 0.243 e. The minimum Gasteiger partial charge on any atom is -0.300 e. The van der Waals surface area contributed by atoms with Crippen molar-refractivity contribution in [3.8, 4) is 0 Å². The Kier molecular flexibility index (Phi) is 5.04. The molecule has 140 valence electrons. The van der Waals surface area contributed by atoms with Crippen molar-refractivity contribution in [3.63, 3.8) is 0 Å². The van der Waals surface area contributed by atoms with Gasteiger partial charge in [0.15, 0.2) is 0 Å². The van der Waals surface area contributed by atoms with E-state index in [4.69, 9.17) is 0 Å². The zero-order valence-corrected chi connectivity index (χ0v) is 16.3. The predicted octanol–water partition coefficient (Wildman–Crippen LogP) is 3.72. The molecule has 0 N–H and O–H groups in total. The van der Waals surface area contributed by atoms with E-state index >= 15 is 0 Å². The van der Waals surface area contributed by atoms with E-state index in [-0.39, 0.29) is 0 Å². The number of hydrogen-bond donors (Lipinski definition) is 0. The lowest BCUT2D eigenvalue weighted by Gasteiger charge is -2.41. The van der Waals surface area contributed by atoms with Gasteiger partial charge in [0.2, 0.25) is 10.0 Å². The van der Waals surface area contributed by atoms with Crippen molar-refractivity contribution in [1.82, 2.24) is 9.21 Å². The molecule has 2 fully saturated rings. The van der Waals surface area contributed by atoms with Crippen LogP contribution in [0.4, 0.5) is 0 Å². The molecule has 0 unspecified atom stereocenters. The van der Waals surface area contributed by atoms with Gasteiger partial charge in [0, 0.05) is 24.5 Å². The second-order valence-electron chi connectivity index (χ2n) is 7.83. The Balaban J connectivity index is 1.50. The first-order valence-corrected chi connectivity index (χ1v) is 11.2. The number of likely N-dealkylation sites (tertiary alicyclic amines) is 1. The third-order valence-electron chi connectivity index (χ3n) is 6.13. The molecule has 26 heavy (non-hydrogen) atoms. The van der Waals surface area contributed by atoms with Crippen LogP contribution < -0.4 is 0 Å². The summed E-state index contributed by atoms with van der Waals surface area (Å²) in [6.45, 7) is 5.92. The molecule has 0 aromatic heterocycles. The molecule has 0 radical (unpaired) electrons. The largest absolute Gasteiger partial charge is 0.300 e. The summed E-state index contributed by atoms with van der Waals surface area (Å²) in [5.41, 5.74) is 0. The van der Waals surface area contributed by atoms with Gasteiger partial charge in [-0.1, -0.05) is 43.3 Å². The Morgan fingerprint density at radius 1 is 0.846 bits per heavy atom. The maximum atomic E-state index is 13.2. The first-order valence-electron chi connectivity index (χ1n) is 9.77. The molecule has 2 heterocycles. The van der Waals surface area contributed by atoms with Crippen LogP contribution in [0.2, 0.25) is 0 Å². The minimum absolute atomic E-state index is 0.445. The van der Waals surface area contributed by atoms with Crippen LogP contribution in [0.3, 0.4) is 0 Å². The van der Waals surface area contributed by atoms with Gasteiger partial charge < -0.3 is 4.90 Å². The number of rotatable bonds is 3. The molecule has 0 amide bonds. The molecule has 0 spiro atoms. The molecule has 2 aliphatic rings. The lowest BCUT2D eigenvalue weighted by Crippen LogP contribution is -2.48. The monoisotopic (exact) mass is 372 g/mol. The molecule has 2 saturated heterocycles. The van der Waals surface area contributed by atoms with Gasteiger partial charge in [-0.05, 0) is 56.1 Å².